The summed E-state index contributed by atoms with van der Waals surface area (Å²) in [5, 5.41) is 25.9. The van der Waals surface area contributed by atoms with Crippen LogP contribution >= 0.6 is 11.3 Å². The minimum absolute atomic E-state index is 0.00709. The monoisotopic (exact) mass is 689 g/mol. The molecule has 15 nitrogen and oxygen atoms in total. The molecule has 0 unspecified atom stereocenters. The molecule has 1 aromatic carbocycles. The lowest BCUT2D eigenvalue weighted by Crippen LogP contribution is -2.54. The van der Waals surface area contributed by atoms with Gasteiger partial charge < -0.3 is 30.1 Å². The molecule has 2 aromatic heterocycles. The highest BCUT2D eigenvalue weighted by atomic mass is 32.1. The fourth-order valence-electron chi connectivity index (χ4n) is 6.02. The second-order valence-electron chi connectivity index (χ2n) is 13.0. The third-order valence-corrected chi connectivity index (χ3v) is 9.46. The highest BCUT2D eigenvalue weighted by molar-refractivity contribution is 7.17. The molecule has 0 radical (unpaired) electrons. The van der Waals surface area contributed by atoms with Crippen molar-refractivity contribution in [3.8, 4) is 16.3 Å². The predicted molar refractivity (Wildman–Crippen MR) is 195 cm³/mol. The molecule has 0 bridgehead atoms. The highest BCUT2D eigenvalue weighted by Crippen LogP contribution is 2.40. The van der Waals surface area contributed by atoms with Gasteiger partial charge in [0, 0.05) is 57.9 Å². The molecule has 5 rings (SSSR count). The Hall–Kier alpha value is -4.19. The van der Waals surface area contributed by atoms with Gasteiger partial charge in [0.2, 0.25) is 0 Å². The third-order valence-electron chi connectivity index (χ3n) is 8.44. The first-order valence-corrected chi connectivity index (χ1v) is 17.1. The topological polar surface area (TPSA) is 174 Å². The normalized spacial score (nSPS) is 16.2. The Morgan fingerprint density at radius 3 is 2.43 bits per heavy atom. The molecular weight excluding hydrogens is 647 g/mol. The quantitative estimate of drug-likeness (QED) is 0.181. The number of carbonyl (C=O) groups is 3. The Balaban J connectivity index is 1.31. The molecule has 0 spiro atoms. The van der Waals surface area contributed by atoms with Crippen LogP contribution in [0.15, 0.2) is 30.5 Å². The molecule has 0 saturated carbocycles. The molecule has 2 fully saturated rings. The van der Waals surface area contributed by atoms with Crippen LogP contribution in [0.3, 0.4) is 0 Å². The van der Waals surface area contributed by atoms with Crippen LogP contribution < -0.4 is 20.7 Å². The van der Waals surface area contributed by atoms with E-state index >= 15 is 0 Å². The van der Waals surface area contributed by atoms with Crippen LogP contribution in [0, 0.1) is 0 Å². The molecule has 4 heterocycles. The minimum atomic E-state index is -0.737. The van der Waals surface area contributed by atoms with Gasteiger partial charge in [-0.25, -0.2) is 9.78 Å². The number of nitrogens with zero attached hydrogens (tertiary/aromatic N) is 6. The van der Waals surface area contributed by atoms with Gasteiger partial charge in [-0.1, -0.05) is 6.07 Å². The Morgan fingerprint density at radius 1 is 1.04 bits per heavy atom. The van der Waals surface area contributed by atoms with E-state index in [0.29, 0.717) is 46.0 Å². The van der Waals surface area contributed by atoms with E-state index in [4.69, 9.17) is 4.74 Å². The first-order valence-electron chi connectivity index (χ1n) is 16.3. The number of β-amino-alcohol motifs (C(OH)–C–C–N with tert-alkyl or cyclic N) is 1. The van der Waals surface area contributed by atoms with Gasteiger partial charge in [0.25, 0.3) is 11.8 Å². The largest absolute Gasteiger partial charge is 0.494 e. The van der Waals surface area contributed by atoms with Crippen molar-refractivity contribution in [2.24, 2.45) is 0 Å². The van der Waals surface area contributed by atoms with Gasteiger partial charge in [0.15, 0.2) is 17.3 Å². The van der Waals surface area contributed by atoms with Crippen LogP contribution in [0.2, 0.25) is 0 Å². The van der Waals surface area contributed by atoms with Gasteiger partial charge in [-0.2, -0.15) is 0 Å². The van der Waals surface area contributed by atoms with Gasteiger partial charge in [-0.3, -0.25) is 24.7 Å². The van der Waals surface area contributed by atoms with Crippen LogP contribution in [-0.2, 0) is 4.74 Å². The van der Waals surface area contributed by atoms with Crippen molar-refractivity contribution in [3.63, 3.8) is 0 Å². The molecule has 4 N–H and O–H groups in total. The van der Waals surface area contributed by atoms with Crippen molar-refractivity contribution < 1.29 is 29.0 Å². The number of benzene rings is 1. The third kappa shape index (κ3) is 9.09. The summed E-state index contributed by atoms with van der Waals surface area (Å²) in [6.45, 7) is 6.19. The van der Waals surface area contributed by atoms with Gasteiger partial charge in [0.05, 0.1) is 44.0 Å². The summed E-state index contributed by atoms with van der Waals surface area (Å²) in [7, 11) is 8.31. The number of piperazine rings is 1. The standard InChI is InChI=1S/C30H42B3N9O6S/c1-47-25-19(4-3-5-20(25)35-21-16-23(36-29(46)48-2)38-39-24(21)26(44)37-30(31,32)33)27-34-17-22(49-27)28(45)42-8-6-18(7-9-42)41-12-10-40(11-13-41)14-15-43/h3-5,16-18,43H,6-15,31-33H2,1-2H3,(H,37,44)(H2,35,36,38,46). The Bertz CT molecular complexity index is 1640. The zero-order chi connectivity index (χ0) is 35.1. The highest BCUT2D eigenvalue weighted by Gasteiger charge is 2.30. The van der Waals surface area contributed by atoms with Crippen molar-refractivity contribution in [1.29, 1.82) is 0 Å². The number of ether oxygens (including phenoxy) is 2. The molecule has 258 valence electrons. The van der Waals surface area contributed by atoms with E-state index in [0.717, 1.165) is 45.6 Å². The molecule has 2 aliphatic rings. The average Bonchev–Trinajstić information content (AvgIpc) is 3.58. The number of thiazole rings is 1. The molecule has 3 amide bonds. The molecule has 19 heteroatoms. The predicted octanol–water partition coefficient (Wildman–Crippen LogP) is -1.01. The second-order valence-corrected chi connectivity index (χ2v) is 14.0. The van der Waals surface area contributed by atoms with Gasteiger partial charge >= 0.3 is 6.09 Å². The van der Waals surface area contributed by atoms with E-state index in [1.54, 1.807) is 12.3 Å². The van der Waals surface area contributed by atoms with Crippen LogP contribution in [0.25, 0.3) is 10.6 Å². The van der Waals surface area contributed by atoms with Gasteiger partial charge in [0.1, 0.15) is 33.4 Å². The first-order chi connectivity index (χ1) is 23.5. The number of amides is 3. The first kappa shape index (κ1) is 36.1. The molecule has 0 aliphatic carbocycles. The Kier molecular flexibility index (Phi) is 11.8. The fourth-order valence-corrected chi connectivity index (χ4v) is 6.93. The van der Waals surface area contributed by atoms with E-state index in [-0.39, 0.29) is 29.7 Å². The van der Waals surface area contributed by atoms with E-state index in [1.165, 1.54) is 31.6 Å². The van der Waals surface area contributed by atoms with Gasteiger partial charge in [-0.15, -0.1) is 21.5 Å². The summed E-state index contributed by atoms with van der Waals surface area (Å²) < 4.78 is 10.5. The van der Waals surface area contributed by atoms with Crippen LogP contribution in [0.1, 0.15) is 33.0 Å². The van der Waals surface area contributed by atoms with Crippen molar-refractivity contribution in [2.75, 3.05) is 77.3 Å². The maximum absolute atomic E-state index is 13.6. The second kappa shape index (κ2) is 16.0. The lowest BCUT2D eigenvalue weighted by atomic mass is 9.49. The number of anilines is 3. The molecule has 2 saturated heterocycles. The van der Waals surface area contributed by atoms with Crippen LogP contribution in [-0.4, -0.2) is 154 Å². The maximum atomic E-state index is 13.6. The summed E-state index contributed by atoms with van der Waals surface area (Å²) in [4.78, 5) is 50.5. The number of hydrogen-bond donors (Lipinski definition) is 4. The van der Waals surface area contributed by atoms with E-state index in [9.17, 15) is 19.5 Å². The summed E-state index contributed by atoms with van der Waals surface area (Å²) >= 11 is 1.30. The van der Waals surface area contributed by atoms with Crippen molar-refractivity contribution in [1.82, 2.24) is 35.2 Å². The number of rotatable bonds is 11. The van der Waals surface area contributed by atoms with E-state index in [2.05, 4.69) is 45.7 Å². The number of methoxy groups -OCH3 is 2. The zero-order valence-electron chi connectivity index (χ0n) is 28.6. The summed E-state index contributed by atoms with van der Waals surface area (Å²) in [6, 6.07) is 7.38. The fraction of sp³-hybridized carbons (Fsp3) is 0.467. The zero-order valence-corrected chi connectivity index (χ0v) is 29.4. The lowest BCUT2D eigenvalue weighted by molar-refractivity contribution is 0.0453. The number of nitrogens with one attached hydrogen (secondary N) is 3. The smallest absolute Gasteiger partial charge is 0.412 e. The molecular formula is C30H42B3N9O6S. The van der Waals surface area contributed by atoms with Crippen molar-refractivity contribution >= 4 is 70.0 Å². The van der Waals surface area contributed by atoms with Crippen LogP contribution in [0.4, 0.5) is 22.0 Å². The molecule has 0 atom stereocenters. The minimum Gasteiger partial charge on any atom is -0.494 e. The van der Waals surface area contributed by atoms with E-state index < -0.39 is 17.2 Å². The number of para-hydroxylation sites is 1. The summed E-state index contributed by atoms with van der Waals surface area (Å²) in [6.07, 6.45) is 2.73. The Labute approximate surface area is 292 Å². The summed E-state index contributed by atoms with van der Waals surface area (Å²) in [5.41, 5.74) is 1.44. The SMILES string of the molecule is BC(B)(B)NC(=O)c1nnc(NC(=O)OC)cc1Nc1cccc(-c2ncc(C(=O)N3CCC(N4CCN(CCO)CC4)CC3)s2)c1OC. The molecule has 49 heavy (non-hydrogen) atoms. The number of aromatic nitrogens is 3. The molecule has 2 aliphatic heterocycles. The van der Waals surface area contributed by atoms with Gasteiger partial charge in [-0.05, 0) is 30.2 Å². The number of hydrogen-bond acceptors (Lipinski definition) is 13. The van der Waals surface area contributed by atoms with Crippen molar-refractivity contribution in [3.05, 3.63) is 41.0 Å². The number of aliphatic hydroxyl groups excluding tert-OH is 1. The molecule has 3 aromatic rings. The number of carbonyl (C=O) groups excluding carboxylic acids is 3. The average molecular weight is 689 g/mol. The van der Waals surface area contributed by atoms with Crippen molar-refractivity contribution in [2.45, 2.75) is 24.1 Å². The summed E-state index contributed by atoms with van der Waals surface area (Å²) in [5.74, 6) is 0.0166. The number of likely N-dealkylation sites (tertiary alicyclic amines) is 1. The lowest BCUT2D eigenvalue weighted by Gasteiger charge is -2.42. The maximum Gasteiger partial charge on any atom is 0.412 e. The van der Waals surface area contributed by atoms with Crippen LogP contribution in [0.5, 0.6) is 5.75 Å². The van der Waals surface area contributed by atoms with E-state index in [1.807, 2.05) is 40.6 Å². The number of aliphatic hydroxyl groups is 1. The number of piperidine rings is 1. The Morgan fingerprint density at radius 2 is 1.78 bits per heavy atom.